The maximum Gasteiger partial charge on any atom is 0.237 e. The fourth-order valence-corrected chi connectivity index (χ4v) is 4.38. The molecule has 176 valence electrons. The second kappa shape index (κ2) is 11.4. The topological polar surface area (TPSA) is 92.8 Å². The van der Waals surface area contributed by atoms with Crippen LogP contribution in [0.3, 0.4) is 0 Å². The predicted molar refractivity (Wildman–Crippen MR) is 137 cm³/mol. The van der Waals surface area contributed by atoms with Crippen LogP contribution in [0.2, 0.25) is 0 Å². The lowest BCUT2D eigenvalue weighted by atomic mass is 10.1. The van der Waals surface area contributed by atoms with E-state index in [1.807, 2.05) is 49.4 Å². The van der Waals surface area contributed by atoms with Crippen LogP contribution >= 0.6 is 11.8 Å². The number of amides is 1. The van der Waals surface area contributed by atoms with Gasteiger partial charge in [-0.1, -0.05) is 42.1 Å². The van der Waals surface area contributed by atoms with Crippen molar-refractivity contribution in [2.75, 3.05) is 12.4 Å². The molecular weight excluding hydrogens is 458 g/mol. The van der Waals surface area contributed by atoms with Gasteiger partial charge in [0.25, 0.3) is 0 Å². The number of carbonyl (C=O) groups is 1. The quantitative estimate of drug-likeness (QED) is 0.330. The Labute approximate surface area is 208 Å². The normalized spacial score (nSPS) is 11.5. The molecule has 0 saturated carbocycles. The van der Waals surface area contributed by atoms with Gasteiger partial charge in [-0.05, 0) is 67.4 Å². The molecule has 1 heterocycles. The third-order valence-electron chi connectivity index (χ3n) is 5.46. The molecule has 1 aromatic heterocycles. The molecule has 35 heavy (non-hydrogen) atoms. The summed E-state index contributed by atoms with van der Waals surface area (Å²) in [7, 11) is 1.64. The second-order valence-corrected chi connectivity index (χ2v) is 9.17. The van der Waals surface area contributed by atoms with Gasteiger partial charge in [0, 0.05) is 17.8 Å². The zero-order valence-corrected chi connectivity index (χ0v) is 20.3. The Morgan fingerprint density at radius 1 is 1.06 bits per heavy atom. The number of carbonyl (C=O) groups excluding carboxylic acids is 1. The van der Waals surface area contributed by atoms with E-state index in [-0.39, 0.29) is 5.91 Å². The molecule has 0 aliphatic carbocycles. The van der Waals surface area contributed by atoms with Crippen molar-refractivity contribution in [3.8, 4) is 23.2 Å². The van der Waals surface area contributed by atoms with Crippen molar-refractivity contribution < 1.29 is 9.53 Å². The average Bonchev–Trinajstić information content (AvgIpc) is 3.30. The minimum atomic E-state index is -0.408. The highest BCUT2D eigenvalue weighted by molar-refractivity contribution is 8.00. The van der Waals surface area contributed by atoms with E-state index in [4.69, 9.17) is 10.00 Å². The van der Waals surface area contributed by atoms with Crippen molar-refractivity contribution in [3.05, 3.63) is 90.0 Å². The van der Waals surface area contributed by atoms with E-state index < -0.39 is 5.25 Å². The molecular formula is C27H25N5O2S. The first-order valence-corrected chi connectivity index (χ1v) is 12.0. The lowest BCUT2D eigenvalue weighted by Crippen LogP contribution is -2.23. The van der Waals surface area contributed by atoms with Crippen molar-refractivity contribution in [2.24, 2.45) is 0 Å². The van der Waals surface area contributed by atoms with E-state index in [1.54, 1.807) is 31.4 Å². The summed E-state index contributed by atoms with van der Waals surface area (Å²) in [5.41, 5.74) is 3.33. The van der Waals surface area contributed by atoms with Crippen molar-refractivity contribution in [1.82, 2.24) is 14.8 Å². The molecule has 1 N–H and O–H groups in total. The number of benzene rings is 3. The standard InChI is InChI=1S/C27H25N5O2S/c1-19(26(33)29-23-12-8-21(18-28)9-13-23)35-27-31-30-25(22-10-14-24(34-2)15-11-22)32(27)17-16-20-6-4-3-5-7-20/h3-15,19H,16-17H2,1-2H3,(H,29,33). The van der Waals surface area contributed by atoms with Crippen LogP contribution in [0.25, 0.3) is 11.4 Å². The SMILES string of the molecule is COc1ccc(-c2nnc(SC(C)C(=O)Nc3ccc(C#N)cc3)n2CCc2ccccc2)cc1. The van der Waals surface area contributed by atoms with Gasteiger partial charge in [0.2, 0.25) is 5.91 Å². The van der Waals surface area contributed by atoms with Gasteiger partial charge in [0.1, 0.15) is 5.75 Å². The Hall–Kier alpha value is -4.09. The van der Waals surface area contributed by atoms with Gasteiger partial charge in [-0.2, -0.15) is 5.26 Å². The fraction of sp³-hybridized carbons (Fsp3) is 0.185. The van der Waals surface area contributed by atoms with Gasteiger partial charge in [-0.3, -0.25) is 4.79 Å². The van der Waals surface area contributed by atoms with Gasteiger partial charge < -0.3 is 14.6 Å². The first kappa shape index (κ1) is 24.0. The maximum atomic E-state index is 12.8. The summed E-state index contributed by atoms with van der Waals surface area (Å²) in [5, 5.41) is 21.0. The van der Waals surface area contributed by atoms with Gasteiger partial charge in [-0.25, -0.2) is 0 Å². The van der Waals surface area contributed by atoms with Crippen molar-refractivity contribution in [1.29, 1.82) is 5.26 Å². The first-order chi connectivity index (χ1) is 17.1. The third-order valence-corrected chi connectivity index (χ3v) is 6.55. The number of rotatable bonds is 9. The number of hydrogen-bond acceptors (Lipinski definition) is 6. The van der Waals surface area contributed by atoms with Crippen LogP contribution in [0.4, 0.5) is 5.69 Å². The van der Waals surface area contributed by atoms with Gasteiger partial charge in [-0.15, -0.1) is 10.2 Å². The number of nitrogens with one attached hydrogen (secondary N) is 1. The summed E-state index contributed by atoms with van der Waals surface area (Å²) in [6.07, 6.45) is 0.807. The molecule has 4 aromatic rings. The molecule has 8 heteroatoms. The number of anilines is 1. The van der Waals surface area contributed by atoms with E-state index in [0.717, 1.165) is 23.6 Å². The summed E-state index contributed by atoms with van der Waals surface area (Å²) in [6.45, 7) is 2.51. The molecule has 0 saturated heterocycles. The van der Waals surface area contributed by atoms with Crippen molar-refractivity contribution in [3.63, 3.8) is 0 Å². The minimum absolute atomic E-state index is 0.150. The number of nitrogens with zero attached hydrogens (tertiary/aromatic N) is 4. The zero-order chi connectivity index (χ0) is 24.6. The molecule has 1 unspecified atom stereocenters. The Balaban J connectivity index is 1.54. The number of nitriles is 1. The van der Waals surface area contributed by atoms with Crippen LogP contribution in [0.5, 0.6) is 5.75 Å². The molecule has 4 rings (SSSR count). The lowest BCUT2D eigenvalue weighted by molar-refractivity contribution is -0.115. The zero-order valence-electron chi connectivity index (χ0n) is 19.5. The van der Waals surface area contributed by atoms with Crippen LogP contribution in [0, 0.1) is 11.3 Å². The molecule has 7 nitrogen and oxygen atoms in total. The van der Waals surface area contributed by atoms with Crippen LogP contribution in [0.1, 0.15) is 18.1 Å². The highest BCUT2D eigenvalue weighted by Crippen LogP contribution is 2.29. The molecule has 0 radical (unpaired) electrons. The number of aryl methyl sites for hydroxylation is 1. The highest BCUT2D eigenvalue weighted by Gasteiger charge is 2.21. The second-order valence-electron chi connectivity index (χ2n) is 7.86. The summed E-state index contributed by atoms with van der Waals surface area (Å²) in [6, 6.07) is 26.8. The van der Waals surface area contributed by atoms with E-state index in [9.17, 15) is 4.79 Å². The largest absolute Gasteiger partial charge is 0.497 e. The summed E-state index contributed by atoms with van der Waals surface area (Å²) < 4.78 is 7.34. The monoisotopic (exact) mass is 483 g/mol. The van der Waals surface area contributed by atoms with E-state index in [0.29, 0.717) is 23.0 Å². The number of thioether (sulfide) groups is 1. The van der Waals surface area contributed by atoms with Crippen LogP contribution in [0.15, 0.2) is 84.0 Å². The Kier molecular flexibility index (Phi) is 7.81. The van der Waals surface area contributed by atoms with E-state index in [2.05, 4.69) is 38.3 Å². The number of hydrogen-bond donors (Lipinski definition) is 1. The molecule has 1 atom stereocenters. The Bertz CT molecular complexity index is 1310. The van der Waals surface area contributed by atoms with Crippen molar-refractivity contribution >= 4 is 23.4 Å². The number of methoxy groups -OCH3 is 1. The third kappa shape index (κ3) is 6.08. The molecule has 3 aromatic carbocycles. The minimum Gasteiger partial charge on any atom is -0.497 e. The Morgan fingerprint density at radius 3 is 2.43 bits per heavy atom. The molecule has 0 aliphatic heterocycles. The highest BCUT2D eigenvalue weighted by atomic mass is 32.2. The molecule has 0 spiro atoms. The molecule has 0 fully saturated rings. The van der Waals surface area contributed by atoms with E-state index in [1.165, 1.54) is 17.3 Å². The lowest BCUT2D eigenvalue weighted by Gasteiger charge is -2.14. The summed E-state index contributed by atoms with van der Waals surface area (Å²) >= 11 is 1.36. The summed E-state index contributed by atoms with van der Waals surface area (Å²) in [5.74, 6) is 1.36. The molecule has 0 bridgehead atoms. The fourth-order valence-electron chi connectivity index (χ4n) is 3.50. The molecule has 1 amide bonds. The smallest absolute Gasteiger partial charge is 0.237 e. The summed E-state index contributed by atoms with van der Waals surface area (Å²) in [4.78, 5) is 12.8. The first-order valence-electron chi connectivity index (χ1n) is 11.2. The maximum absolute atomic E-state index is 12.8. The Morgan fingerprint density at radius 2 is 1.77 bits per heavy atom. The van der Waals surface area contributed by atoms with E-state index >= 15 is 0 Å². The molecule has 0 aliphatic rings. The van der Waals surface area contributed by atoms with Crippen LogP contribution in [-0.4, -0.2) is 33.0 Å². The van der Waals surface area contributed by atoms with Gasteiger partial charge >= 0.3 is 0 Å². The van der Waals surface area contributed by atoms with Crippen LogP contribution < -0.4 is 10.1 Å². The predicted octanol–water partition coefficient (Wildman–Crippen LogP) is 5.19. The number of ether oxygens (including phenoxy) is 1. The van der Waals surface area contributed by atoms with Gasteiger partial charge in [0.15, 0.2) is 11.0 Å². The average molecular weight is 484 g/mol. The van der Waals surface area contributed by atoms with Gasteiger partial charge in [0.05, 0.1) is 24.0 Å². The van der Waals surface area contributed by atoms with Crippen LogP contribution in [-0.2, 0) is 17.8 Å². The number of aromatic nitrogens is 3. The van der Waals surface area contributed by atoms with Crippen molar-refractivity contribution in [2.45, 2.75) is 30.3 Å².